The van der Waals surface area contributed by atoms with Crippen molar-refractivity contribution in [1.82, 2.24) is 5.32 Å². The molecular formula is C17H23NO5. The zero-order chi connectivity index (χ0) is 17.6. The largest absolute Gasteiger partial charge is 0.457 e. The van der Waals surface area contributed by atoms with E-state index in [1.165, 1.54) is 6.08 Å². The summed E-state index contributed by atoms with van der Waals surface area (Å²) >= 11 is 0. The highest BCUT2D eigenvalue weighted by atomic mass is 16.6. The quantitative estimate of drug-likeness (QED) is 0.782. The molecule has 0 fully saturated rings. The van der Waals surface area contributed by atoms with Gasteiger partial charge in [0.05, 0.1) is 17.2 Å². The number of nitrogens with one attached hydrogen (secondary N) is 1. The van der Waals surface area contributed by atoms with Crippen LogP contribution in [0.3, 0.4) is 0 Å². The Morgan fingerprint density at radius 1 is 0.957 bits per heavy atom. The third-order valence-corrected chi connectivity index (χ3v) is 3.28. The molecule has 126 valence electrons. The minimum absolute atomic E-state index is 0.178. The lowest BCUT2D eigenvalue weighted by Crippen LogP contribution is -2.55. The van der Waals surface area contributed by atoms with E-state index >= 15 is 0 Å². The van der Waals surface area contributed by atoms with Gasteiger partial charge in [0.25, 0.3) is 0 Å². The summed E-state index contributed by atoms with van der Waals surface area (Å²) in [6, 6.07) is -0.537. The van der Waals surface area contributed by atoms with E-state index in [0.29, 0.717) is 0 Å². The number of hydrogen-bond donors (Lipinski definition) is 1. The van der Waals surface area contributed by atoms with E-state index in [1.54, 1.807) is 47.6 Å². The fourth-order valence-corrected chi connectivity index (χ4v) is 2.51. The maximum absolute atomic E-state index is 12.4. The van der Waals surface area contributed by atoms with Crippen molar-refractivity contribution >= 4 is 17.8 Å². The zero-order valence-electron chi connectivity index (χ0n) is 14.4. The minimum atomic E-state index is -0.692. The van der Waals surface area contributed by atoms with Gasteiger partial charge in [0.2, 0.25) is 5.91 Å². The fraction of sp³-hybridized carbons (Fsp3) is 0.588. The van der Waals surface area contributed by atoms with Gasteiger partial charge in [-0.05, 0) is 47.6 Å². The molecule has 6 nitrogen and oxygen atoms in total. The summed E-state index contributed by atoms with van der Waals surface area (Å²) in [5.74, 6) is -1.81. The molecule has 0 saturated heterocycles. The highest BCUT2D eigenvalue weighted by molar-refractivity contribution is 6.07. The first-order chi connectivity index (χ1) is 10.4. The molecule has 2 aliphatic rings. The molecule has 0 spiro atoms. The van der Waals surface area contributed by atoms with E-state index < -0.39 is 29.2 Å². The van der Waals surface area contributed by atoms with Crippen molar-refractivity contribution in [3.8, 4) is 0 Å². The number of ether oxygens (including phenoxy) is 2. The number of amides is 1. The zero-order valence-corrected chi connectivity index (χ0v) is 14.4. The van der Waals surface area contributed by atoms with Crippen LogP contribution in [0.15, 0.2) is 23.3 Å². The summed E-state index contributed by atoms with van der Waals surface area (Å²) < 4.78 is 10.7. The van der Waals surface area contributed by atoms with Gasteiger partial charge >= 0.3 is 11.9 Å². The topological polar surface area (TPSA) is 81.7 Å². The third kappa shape index (κ3) is 3.81. The van der Waals surface area contributed by atoms with Crippen LogP contribution in [0.5, 0.6) is 0 Å². The van der Waals surface area contributed by atoms with Crippen molar-refractivity contribution in [1.29, 1.82) is 0 Å². The monoisotopic (exact) mass is 321 g/mol. The van der Waals surface area contributed by atoms with Crippen LogP contribution in [0, 0.1) is 5.92 Å². The summed E-state index contributed by atoms with van der Waals surface area (Å²) in [6.07, 6.45) is 2.98. The summed E-state index contributed by atoms with van der Waals surface area (Å²) in [4.78, 5) is 36.4. The molecular weight excluding hydrogens is 298 g/mol. The molecule has 1 N–H and O–H groups in total. The van der Waals surface area contributed by atoms with Crippen LogP contribution in [0.2, 0.25) is 0 Å². The molecule has 1 heterocycles. The predicted molar refractivity (Wildman–Crippen MR) is 83.3 cm³/mol. The van der Waals surface area contributed by atoms with Crippen LogP contribution in [0.1, 0.15) is 41.5 Å². The number of rotatable bonds is 2. The van der Waals surface area contributed by atoms with Crippen LogP contribution in [0.4, 0.5) is 0 Å². The minimum Gasteiger partial charge on any atom is -0.457 e. The van der Waals surface area contributed by atoms with Gasteiger partial charge in [-0.15, -0.1) is 0 Å². The number of carbonyl (C=O) groups excluding carboxylic acids is 3. The molecule has 2 rings (SSSR count). The van der Waals surface area contributed by atoms with Crippen LogP contribution in [0.25, 0.3) is 0 Å². The first-order valence-corrected chi connectivity index (χ1v) is 7.58. The van der Waals surface area contributed by atoms with Crippen molar-refractivity contribution in [2.75, 3.05) is 0 Å². The molecule has 6 heteroatoms. The highest BCUT2D eigenvalue weighted by Gasteiger charge is 2.50. The Morgan fingerprint density at radius 2 is 1.43 bits per heavy atom. The van der Waals surface area contributed by atoms with Crippen LogP contribution >= 0.6 is 0 Å². The second-order valence-electron chi connectivity index (χ2n) is 7.70. The van der Waals surface area contributed by atoms with Gasteiger partial charge in [0.15, 0.2) is 0 Å². The fourth-order valence-electron chi connectivity index (χ4n) is 2.51. The van der Waals surface area contributed by atoms with Crippen LogP contribution in [-0.4, -0.2) is 35.1 Å². The van der Waals surface area contributed by atoms with Gasteiger partial charge in [-0.2, -0.15) is 0 Å². The van der Waals surface area contributed by atoms with Crippen LogP contribution in [-0.2, 0) is 23.9 Å². The van der Waals surface area contributed by atoms with Gasteiger partial charge < -0.3 is 14.8 Å². The van der Waals surface area contributed by atoms with Gasteiger partial charge in [-0.3, -0.25) is 4.79 Å². The molecule has 0 radical (unpaired) electrons. The molecule has 0 bridgehead atoms. The van der Waals surface area contributed by atoms with Gasteiger partial charge in [0, 0.05) is 5.92 Å². The Labute approximate surface area is 135 Å². The second kappa shape index (κ2) is 5.51. The normalized spacial score (nSPS) is 23.7. The Kier molecular flexibility index (Phi) is 4.13. The van der Waals surface area contributed by atoms with E-state index in [0.717, 1.165) is 0 Å². The Hall–Kier alpha value is -2.11. The van der Waals surface area contributed by atoms with Crippen molar-refractivity contribution in [2.24, 2.45) is 5.92 Å². The predicted octanol–water partition coefficient (Wildman–Crippen LogP) is 1.65. The summed E-state index contributed by atoms with van der Waals surface area (Å²) in [6.45, 7) is 10.5. The molecule has 0 saturated carbocycles. The molecule has 0 unspecified atom stereocenters. The maximum atomic E-state index is 12.4. The standard InChI is InChI=1S/C17H23NO5/c1-16(2,3)22-14(20)11-9-7-8-10(19)18-13(9)12(11)15(21)23-17(4,5)6/h7-9,13H,1-6H3,(H,18,19)/t9-,13-/m0/s1. The number of esters is 2. The molecule has 0 aromatic rings. The average molecular weight is 321 g/mol. The van der Waals surface area contributed by atoms with Crippen molar-refractivity contribution in [3.05, 3.63) is 23.3 Å². The van der Waals surface area contributed by atoms with E-state index in [1.807, 2.05) is 0 Å². The van der Waals surface area contributed by atoms with Gasteiger partial charge in [-0.1, -0.05) is 6.08 Å². The molecule has 2 atom stereocenters. The van der Waals surface area contributed by atoms with Crippen molar-refractivity contribution in [3.63, 3.8) is 0 Å². The Bertz CT molecular complexity index is 616. The van der Waals surface area contributed by atoms with E-state index in [9.17, 15) is 14.4 Å². The van der Waals surface area contributed by atoms with Gasteiger partial charge in [0.1, 0.15) is 11.2 Å². The lowest BCUT2D eigenvalue weighted by Gasteiger charge is -2.41. The summed E-state index contributed by atoms with van der Waals surface area (Å²) in [5, 5.41) is 2.69. The molecule has 23 heavy (non-hydrogen) atoms. The third-order valence-electron chi connectivity index (χ3n) is 3.28. The van der Waals surface area contributed by atoms with E-state index in [-0.39, 0.29) is 23.0 Å². The number of hydrogen-bond acceptors (Lipinski definition) is 5. The van der Waals surface area contributed by atoms with Crippen molar-refractivity contribution in [2.45, 2.75) is 58.8 Å². The molecule has 0 aromatic carbocycles. The summed E-state index contributed by atoms with van der Waals surface area (Å²) in [5.41, 5.74) is -0.925. The van der Waals surface area contributed by atoms with E-state index in [2.05, 4.69) is 5.32 Å². The first-order valence-electron chi connectivity index (χ1n) is 7.58. The number of fused-ring (bicyclic) bond motifs is 1. The molecule has 1 amide bonds. The Morgan fingerprint density at radius 3 is 1.91 bits per heavy atom. The lowest BCUT2D eigenvalue weighted by molar-refractivity contribution is -0.156. The average Bonchev–Trinajstić information content (AvgIpc) is 2.27. The maximum Gasteiger partial charge on any atom is 0.337 e. The van der Waals surface area contributed by atoms with E-state index in [4.69, 9.17) is 9.47 Å². The smallest absolute Gasteiger partial charge is 0.337 e. The highest BCUT2D eigenvalue weighted by Crippen LogP contribution is 2.40. The SMILES string of the molecule is CC(C)(C)OC(=O)C1=C(C(=O)OC(C)(C)C)[C@@H]2C=CC(=O)N[C@H]12. The van der Waals surface area contributed by atoms with Gasteiger partial charge in [-0.25, -0.2) is 9.59 Å². The molecule has 1 aliphatic carbocycles. The van der Waals surface area contributed by atoms with Crippen molar-refractivity contribution < 1.29 is 23.9 Å². The summed E-state index contributed by atoms with van der Waals surface area (Å²) in [7, 11) is 0. The second-order valence-corrected chi connectivity index (χ2v) is 7.70. The lowest BCUT2D eigenvalue weighted by atomic mass is 9.70. The molecule has 1 aliphatic heterocycles. The molecule has 0 aromatic heterocycles. The number of carbonyl (C=O) groups is 3. The first kappa shape index (κ1) is 17.2. The Balaban J connectivity index is 2.35. The van der Waals surface area contributed by atoms with Crippen LogP contribution < -0.4 is 5.32 Å².